The quantitative estimate of drug-likeness (QED) is 0.737. The van der Waals surface area contributed by atoms with Crippen LogP contribution >= 0.6 is 11.6 Å². The Kier molecular flexibility index (Phi) is 5.70. The largest absolute Gasteiger partial charge is 0.417 e. The van der Waals surface area contributed by atoms with E-state index >= 15 is 0 Å². The number of halogens is 4. The van der Waals surface area contributed by atoms with Crippen LogP contribution in [0.2, 0.25) is 5.02 Å². The van der Waals surface area contributed by atoms with Crippen molar-refractivity contribution in [1.29, 1.82) is 0 Å². The third-order valence-corrected chi connectivity index (χ3v) is 7.21. The number of rotatable bonds is 4. The molecule has 1 aromatic rings. The molecule has 1 saturated carbocycles. The fraction of sp³-hybridized carbons (Fsp3) is 0.545. The van der Waals surface area contributed by atoms with Crippen LogP contribution in [0.3, 0.4) is 0 Å². The van der Waals surface area contributed by atoms with Gasteiger partial charge in [0, 0.05) is 18.6 Å². The molecule has 0 aromatic heterocycles. The molecule has 2 saturated heterocycles. The summed E-state index contributed by atoms with van der Waals surface area (Å²) in [5.74, 6) is 0.0585. The first-order valence-corrected chi connectivity index (χ1v) is 10.7. The van der Waals surface area contributed by atoms with Crippen LogP contribution in [0.1, 0.15) is 48.0 Å². The molecule has 0 radical (unpaired) electrons. The van der Waals surface area contributed by atoms with E-state index in [1.54, 1.807) is 0 Å². The minimum absolute atomic E-state index is 0.166. The van der Waals surface area contributed by atoms with E-state index in [0.717, 1.165) is 50.4 Å². The number of nitrogens with one attached hydrogen (secondary N) is 1. The van der Waals surface area contributed by atoms with Crippen LogP contribution in [-0.4, -0.2) is 48.2 Å². The van der Waals surface area contributed by atoms with E-state index in [1.807, 2.05) is 12.2 Å². The lowest BCUT2D eigenvalue weighted by molar-refractivity contribution is -0.137. The Labute approximate surface area is 179 Å². The number of fused-ring (bicyclic) bond motifs is 3. The van der Waals surface area contributed by atoms with Gasteiger partial charge in [0.2, 0.25) is 0 Å². The molecule has 1 aromatic carbocycles. The standard InChI is InChI=1S/C22H25ClF3N3O/c1-29-13-14-8-10-21(29,11-9-14)19(17-7-2-3-12-27-17)28-20(30)15-5-4-6-16(18(15)23)22(24,25)26/h2,4-7,14,19H,3,8-13H2,1H3,(H,28,30). The van der Waals surface area contributed by atoms with Crippen molar-refractivity contribution in [2.45, 2.75) is 49.9 Å². The average molecular weight is 440 g/mol. The normalized spacial score (nSPS) is 27.6. The Hall–Kier alpha value is -1.86. The number of benzene rings is 1. The summed E-state index contributed by atoms with van der Waals surface area (Å²) < 4.78 is 39.8. The van der Waals surface area contributed by atoms with Crippen molar-refractivity contribution in [3.8, 4) is 0 Å². The Morgan fingerprint density at radius 1 is 1.33 bits per heavy atom. The van der Waals surface area contributed by atoms with E-state index < -0.39 is 28.7 Å². The summed E-state index contributed by atoms with van der Waals surface area (Å²) in [7, 11) is 2.06. The second-order valence-corrected chi connectivity index (χ2v) is 8.87. The minimum atomic E-state index is -4.62. The predicted molar refractivity (Wildman–Crippen MR) is 111 cm³/mol. The van der Waals surface area contributed by atoms with Crippen LogP contribution in [0.25, 0.3) is 0 Å². The second-order valence-electron chi connectivity index (χ2n) is 8.50. The fourth-order valence-electron chi connectivity index (χ4n) is 5.15. The molecule has 1 aliphatic carbocycles. The third kappa shape index (κ3) is 3.78. The summed E-state index contributed by atoms with van der Waals surface area (Å²) in [5.41, 5.74) is -0.680. The first-order valence-electron chi connectivity index (χ1n) is 10.3. The number of dihydropyridines is 1. The van der Waals surface area contributed by atoms with E-state index in [2.05, 4.69) is 22.3 Å². The predicted octanol–water partition coefficient (Wildman–Crippen LogP) is 4.73. The summed E-state index contributed by atoms with van der Waals surface area (Å²) in [6, 6.07) is 3.03. The Morgan fingerprint density at radius 2 is 2.07 bits per heavy atom. The molecule has 1 unspecified atom stereocenters. The molecule has 162 valence electrons. The van der Waals surface area contributed by atoms with Crippen LogP contribution in [0, 0.1) is 5.92 Å². The number of amides is 1. The zero-order valence-corrected chi connectivity index (χ0v) is 17.6. The first kappa shape index (κ1) is 21.4. The number of likely N-dealkylation sites (N-methyl/N-ethyl adjacent to an activating group) is 1. The fourth-order valence-corrected chi connectivity index (χ4v) is 5.47. The molecular formula is C22H25ClF3N3O. The number of piperidine rings is 2. The van der Waals surface area contributed by atoms with E-state index in [0.29, 0.717) is 12.5 Å². The molecule has 5 rings (SSSR count). The molecule has 8 heteroatoms. The molecule has 0 spiro atoms. The number of carbonyl (C=O) groups excluding carboxylic acids is 1. The Balaban J connectivity index is 1.69. The highest BCUT2D eigenvalue weighted by Crippen LogP contribution is 2.45. The van der Waals surface area contributed by atoms with Crippen molar-refractivity contribution in [3.63, 3.8) is 0 Å². The molecule has 1 N–H and O–H groups in total. The minimum Gasteiger partial charge on any atom is -0.342 e. The summed E-state index contributed by atoms with van der Waals surface area (Å²) in [6.07, 6.45) is 4.19. The van der Waals surface area contributed by atoms with E-state index in [1.165, 1.54) is 12.1 Å². The molecule has 1 atom stereocenters. The molecule has 30 heavy (non-hydrogen) atoms. The van der Waals surface area contributed by atoms with Gasteiger partial charge in [0.1, 0.15) is 0 Å². The van der Waals surface area contributed by atoms with Crippen molar-refractivity contribution in [1.82, 2.24) is 10.2 Å². The lowest BCUT2D eigenvalue weighted by atomic mass is 9.66. The van der Waals surface area contributed by atoms with Gasteiger partial charge in [-0.2, -0.15) is 13.2 Å². The van der Waals surface area contributed by atoms with E-state index in [4.69, 9.17) is 11.6 Å². The zero-order valence-electron chi connectivity index (χ0n) is 16.8. The lowest BCUT2D eigenvalue weighted by Gasteiger charge is -2.57. The van der Waals surface area contributed by atoms with Crippen LogP contribution in [-0.2, 0) is 6.18 Å². The van der Waals surface area contributed by atoms with Crippen LogP contribution < -0.4 is 5.32 Å². The van der Waals surface area contributed by atoms with Crippen molar-refractivity contribution < 1.29 is 18.0 Å². The maximum Gasteiger partial charge on any atom is 0.417 e. The van der Waals surface area contributed by atoms with E-state index in [-0.39, 0.29) is 11.1 Å². The summed E-state index contributed by atoms with van der Waals surface area (Å²) in [5, 5.41) is 2.46. The maximum atomic E-state index is 13.3. The van der Waals surface area contributed by atoms with Gasteiger partial charge in [-0.1, -0.05) is 23.7 Å². The topological polar surface area (TPSA) is 44.7 Å². The van der Waals surface area contributed by atoms with Crippen molar-refractivity contribution >= 4 is 23.2 Å². The monoisotopic (exact) mass is 439 g/mol. The van der Waals surface area contributed by atoms with Crippen LogP contribution in [0.15, 0.2) is 35.3 Å². The highest BCUT2D eigenvalue weighted by molar-refractivity contribution is 6.34. The zero-order chi connectivity index (χ0) is 21.5. The number of hydrogen-bond acceptors (Lipinski definition) is 3. The summed E-state index contributed by atoms with van der Waals surface area (Å²) in [4.78, 5) is 20.1. The summed E-state index contributed by atoms with van der Waals surface area (Å²) in [6.45, 7) is 1.60. The second kappa shape index (κ2) is 8.00. The van der Waals surface area contributed by atoms with Gasteiger partial charge in [-0.05, 0) is 63.3 Å². The number of nitrogens with zero attached hydrogens (tertiary/aromatic N) is 2. The highest BCUT2D eigenvalue weighted by atomic mass is 35.5. The number of carbonyl (C=O) groups is 1. The molecule has 4 aliphatic rings. The summed E-state index contributed by atoms with van der Waals surface area (Å²) >= 11 is 6.01. The number of alkyl halides is 3. The Bertz CT molecular complexity index is 888. The maximum absolute atomic E-state index is 13.3. The smallest absolute Gasteiger partial charge is 0.342 e. The third-order valence-electron chi connectivity index (χ3n) is 6.80. The van der Waals surface area contributed by atoms with Gasteiger partial charge in [0.25, 0.3) is 5.91 Å². The van der Waals surface area contributed by atoms with Crippen molar-refractivity contribution in [3.05, 3.63) is 46.5 Å². The molecule has 2 bridgehead atoms. The lowest BCUT2D eigenvalue weighted by Crippen LogP contribution is -2.68. The molecule has 3 fully saturated rings. The first-order chi connectivity index (χ1) is 14.2. The average Bonchev–Trinajstić information content (AvgIpc) is 2.72. The van der Waals surface area contributed by atoms with Gasteiger partial charge in [0.05, 0.1) is 27.9 Å². The van der Waals surface area contributed by atoms with Gasteiger partial charge in [-0.15, -0.1) is 0 Å². The van der Waals surface area contributed by atoms with Gasteiger partial charge < -0.3 is 5.32 Å². The van der Waals surface area contributed by atoms with Gasteiger partial charge in [-0.25, -0.2) is 0 Å². The molecule has 3 heterocycles. The van der Waals surface area contributed by atoms with Gasteiger partial charge >= 0.3 is 6.18 Å². The van der Waals surface area contributed by atoms with Crippen LogP contribution in [0.5, 0.6) is 0 Å². The van der Waals surface area contributed by atoms with Crippen molar-refractivity contribution in [2.75, 3.05) is 20.1 Å². The van der Waals surface area contributed by atoms with Gasteiger partial charge in [-0.3, -0.25) is 14.7 Å². The molecule has 4 nitrogen and oxygen atoms in total. The Morgan fingerprint density at radius 3 is 2.67 bits per heavy atom. The van der Waals surface area contributed by atoms with Crippen LogP contribution in [0.4, 0.5) is 13.2 Å². The SMILES string of the molecule is CN1CC2CCC1(C(NC(=O)c1cccc(C(F)(F)F)c1Cl)C1=NCCC=C1)CC2. The number of aliphatic imine (C=N–C) groups is 1. The van der Waals surface area contributed by atoms with E-state index in [9.17, 15) is 18.0 Å². The molecule has 1 amide bonds. The van der Waals surface area contributed by atoms with Crippen molar-refractivity contribution in [2.24, 2.45) is 10.9 Å². The molecular weight excluding hydrogens is 415 g/mol. The molecule has 3 aliphatic heterocycles. The van der Waals surface area contributed by atoms with Gasteiger partial charge in [0.15, 0.2) is 0 Å². The number of hydrogen-bond donors (Lipinski definition) is 1. The highest BCUT2D eigenvalue weighted by Gasteiger charge is 2.51.